The van der Waals surface area contributed by atoms with Gasteiger partial charge in [-0.3, -0.25) is 9.69 Å². The van der Waals surface area contributed by atoms with Crippen LogP contribution in [-0.2, 0) is 14.3 Å². The predicted molar refractivity (Wildman–Crippen MR) is 70.3 cm³/mol. The molecule has 2 atom stereocenters. The molecule has 0 aromatic heterocycles. The molecule has 1 heterocycles. The minimum atomic E-state index is -0.943. The van der Waals surface area contributed by atoms with Crippen LogP contribution in [0.1, 0.15) is 33.1 Å². The second kappa shape index (κ2) is 7.07. The van der Waals surface area contributed by atoms with Crippen molar-refractivity contribution in [2.75, 3.05) is 33.4 Å². The lowest BCUT2D eigenvalue weighted by Crippen LogP contribution is -2.56. The summed E-state index contributed by atoms with van der Waals surface area (Å²) < 4.78 is 10.5. The molecule has 2 unspecified atom stereocenters. The summed E-state index contributed by atoms with van der Waals surface area (Å²) in [6.45, 7) is 6.96. The third-order valence-corrected chi connectivity index (χ3v) is 3.22. The topological polar surface area (TPSA) is 64.8 Å². The van der Waals surface area contributed by atoms with Crippen LogP contribution in [0.4, 0.5) is 0 Å². The van der Waals surface area contributed by atoms with Crippen LogP contribution in [0.25, 0.3) is 0 Å². The van der Waals surface area contributed by atoms with E-state index in [0.29, 0.717) is 6.54 Å². The molecule has 0 bridgehead atoms. The number of esters is 1. The van der Waals surface area contributed by atoms with Crippen molar-refractivity contribution < 1.29 is 14.3 Å². The minimum absolute atomic E-state index is 0.271. The van der Waals surface area contributed by atoms with Gasteiger partial charge in [-0.1, -0.05) is 6.92 Å². The largest absolute Gasteiger partial charge is 0.468 e. The Morgan fingerprint density at radius 2 is 2.28 bits per heavy atom. The Balaban J connectivity index is 2.44. The molecule has 5 nitrogen and oxygen atoms in total. The number of carbonyl (C=O) groups is 1. The normalized spacial score (nSPS) is 24.6. The van der Waals surface area contributed by atoms with Crippen molar-refractivity contribution in [1.29, 1.82) is 0 Å². The summed E-state index contributed by atoms with van der Waals surface area (Å²) in [6, 6.07) is 0. The lowest BCUT2D eigenvalue weighted by molar-refractivity contribution is -0.147. The number of methoxy groups -OCH3 is 1. The molecule has 0 aromatic carbocycles. The standard InChI is InChI=1S/C13H26N2O3/c1-4-8-18-11-6-5-7-15(9-11)10-13(2,14)12(16)17-3/h11H,4-10,14H2,1-3H3. The number of likely N-dealkylation sites (tertiary alicyclic amines) is 1. The first-order chi connectivity index (χ1) is 8.49. The van der Waals surface area contributed by atoms with Crippen LogP contribution < -0.4 is 5.73 Å². The number of ether oxygens (including phenoxy) is 2. The van der Waals surface area contributed by atoms with Gasteiger partial charge in [0.05, 0.1) is 13.2 Å². The monoisotopic (exact) mass is 258 g/mol. The second-order valence-electron chi connectivity index (χ2n) is 5.28. The maximum atomic E-state index is 11.6. The highest BCUT2D eigenvalue weighted by Gasteiger charge is 2.33. The van der Waals surface area contributed by atoms with Crippen LogP contribution in [-0.4, -0.2) is 55.9 Å². The molecule has 1 rings (SSSR count). The molecular weight excluding hydrogens is 232 g/mol. The summed E-state index contributed by atoms with van der Waals surface area (Å²) in [5, 5.41) is 0. The molecule has 0 amide bonds. The van der Waals surface area contributed by atoms with Gasteiger partial charge in [-0.05, 0) is 32.7 Å². The number of nitrogens with two attached hydrogens (primary N) is 1. The maximum absolute atomic E-state index is 11.6. The van der Waals surface area contributed by atoms with E-state index in [9.17, 15) is 4.79 Å². The lowest BCUT2D eigenvalue weighted by Gasteiger charge is -2.36. The van der Waals surface area contributed by atoms with Crippen molar-refractivity contribution in [3.8, 4) is 0 Å². The van der Waals surface area contributed by atoms with E-state index in [-0.39, 0.29) is 12.1 Å². The highest BCUT2D eigenvalue weighted by atomic mass is 16.5. The van der Waals surface area contributed by atoms with Crippen LogP contribution >= 0.6 is 0 Å². The predicted octanol–water partition coefficient (Wildman–Crippen LogP) is 0.768. The molecule has 1 fully saturated rings. The SMILES string of the molecule is CCCOC1CCCN(CC(C)(N)C(=O)OC)C1. The summed E-state index contributed by atoms with van der Waals surface area (Å²) in [5.41, 5.74) is 5.05. The number of rotatable bonds is 6. The lowest BCUT2D eigenvalue weighted by atomic mass is 10.0. The van der Waals surface area contributed by atoms with E-state index in [0.717, 1.165) is 39.0 Å². The molecule has 0 aromatic rings. The molecule has 0 spiro atoms. The zero-order valence-electron chi connectivity index (χ0n) is 11.8. The van der Waals surface area contributed by atoms with Crippen molar-refractivity contribution in [2.45, 2.75) is 44.8 Å². The van der Waals surface area contributed by atoms with Gasteiger partial charge in [-0.2, -0.15) is 0 Å². The first kappa shape index (κ1) is 15.4. The number of nitrogens with zero attached hydrogens (tertiary/aromatic N) is 1. The third-order valence-electron chi connectivity index (χ3n) is 3.22. The van der Waals surface area contributed by atoms with Gasteiger partial charge in [0, 0.05) is 19.7 Å². The number of carbonyl (C=O) groups excluding carboxylic acids is 1. The smallest absolute Gasteiger partial charge is 0.326 e. The highest BCUT2D eigenvalue weighted by Crippen LogP contribution is 2.16. The van der Waals surface area contributed by atoms with Gasteiger partial charge in [0.15, 0.2) is 0 Å². The second-order valence-corrected chi connectivity index (χ2v) is 5.28. The Kier molecular flexibility index (Phi) is 6.05. The van der Waals surface area contributed by atoms with Crippen molar-refractivity contribution in [2.24, 2.45) is 5.73 Å². The maximum Gasteiger partial charge on any atom is 0.326 e. The van der Waals surface area contributed by atoms with Crippen molar-refractivity contribution in [1.82, 2.24) is 4.90 Å². The zero-order chi connectivity index (χ0) is 13.6. The van der Waals surface area contributed by atoms with E-state index >= 15 is 0 Å². The summed E-state index contributed by atoms with van der Waals surface area (Å²) in [6.07, 6.45) is 3.49. The summed E-state index contributed by atoms with van der Waals surface area (Å²) in [5.74, 6) is -0.362. The van der Waals surface area contributed by atoms with Gasteiger partial charge in [-0.15, -0.1) is 0 Å². The molecule has 0 radical (unpaired) electrons. The van der Waals surface area contributed by atoms with Crippen molar-refractivity contribution >= 4 is 5.97 Å². The van der Waals surface area contributed by atoms with Gasteiger partial charge in [0.2, 0.25) is 0 Å². The average Bonchev–Trinajstić information content (AvgIpc) is 2.35. The van der Waals surface area contributed by atoms with Crippen molar-refractivity contribution in [3.63, 3.8) is 0 Å². The van der Waals surface area contributed by atoms with Gasteiger partial charge in [0.25, 0.3) is 0 Å². The van der Waals surface area contributed by atoms with Crippen LogP contribution in [0, 0.1) is 0 Å². The van der Waals surface area contributed by atoms with Gasteiger partial charge >= 0.3 is 5.97 Å². The van der Waals surface area contributed by atoms with Crippen molar-refractivity contribution in [3.05, 3.63) is 0 Å². The molecular formula is C13H26N2O3. The number of hydrogen-bond acceptors (Lipinski definition) is 5. The molecule has 106 valence electrons. The summed E-state index contributed by atoms with van der Waals surface area (Å²) in [4.78, 5) is 13.8. The fourth-order valence-electron chi connectivity index (χ4n) is 2.34. The van der Waals surface area contributed by atoms with E-state index in [1.54, 1.807) is 6.92 Å². The van der Waals surface area contributed by atoms with E-state index in [4.69, 9.17) is 15.2 Å². The summed E-state index contributed by atoms with van der Waals surface area (Å²) >= 11 is 0. The number of piperidine rings is 1. The Morgan fingerprint density at radius 1 is 1.56 bits per heavy atom. The van der Waals surface area contributed by atoms with Gasteiger partial charge < -0.3 is 15.2 Å². The molecule has 5 heteroatoms. The number of hydrogen-bond donors (Lipinski definition) is 1. The fourth-order valence-corrected chi connectivity index (χ4v) is 2.34. The van der Waals surface area contributed by atoms with Gasteiger partial charge in [-0.25, -0.2) is 0 Å². The van der Waals surface area contributed by atoms with Crippen LogP contribution in [0.5, 0.6) is 0 Å². The summed E-state index contributed by atoms with van der Waals surface area (Å²) in [7, 11) is 1.37. The molecule has 2 N–H and O–H groups in total. The highest BCUT2D eigenvalue weighted by molar-refractivity contribution is 5.80. The molecule has 0 aliphatic carbocycles. The minimum Gasteiger partial charge on any atom is -0.468 e. The Hall–Kier alpha value is -0.650. The van der Waals surface area contributed by atoms with Crippen LogP contribution in [0.2, 0.25) is 0 Å². The molecule has 18 heavy (non-hydrogen) atoms. The van der Waals surface area contributed by atoms with E-state index in [1.165, 1.54) is 7.11 Å². The first-order valence-corrected chi connectivity index (χ1v) is 6.71. The Labute approximate surface area is 110 Å². The van der Waals surface area contributed by atoms with E-state index < -0.39 is 5.54 Å². The molecule has 1 aliphatic rings. The average molecular weight is 258 g/mol. The van der Waals surface area contributed by atoms with Crippen LogP contribution in [0.3, 0.4) is 0 Å². The van der Waals surface area contributed by atoms with Crippen LogP contribution in [0.15, 0.2) is 0 Å². The fraction of sp³-hybridized carbons (Fsp3) is 0.923. The zero-order valence-corrected chi connectivity index (χ0v) is 11.8. The van der Waals surface area contributed by atoms with Gasteiger partial charge in [0.1, 0.15) is 5.54 Å². The third kappa shape index (κ3) is 4.55. The Morgan fingerprint density at radius 3 is 2.89 bits per heavy atom. The molecule has 0 saturated carbocycles. The first-order valence-electron chi connectivity index (χ1n) is 6.71. The molecule has 1 aliphatic heterocycles. The Bertz CT molecular complexity index is 269. The van der Waals surface area contributed by atoms with E-state index in [2.05, 4.69) is 11.8 Å². The van der Waals surface area contributed by atoms with E-state index in [1.807, 2.05) is 0 Å². The quantitative estimate of drug-likeness (QED) is 0.713. The molecule has 1 saturated heterocycles.